The van der Waals surface area contributed by atoms with Crippen LogP contribution in [0.3, 0.4) is 0 Å². The summed E-state index contributed by atoms with van der Waals surface area (Å²) in [5.74, 6) is 0.199. The van der Waals surface area contributed by atoms with Gasteiger partial charge in [0.1, 0.15) is 12.4 Å². The van der Waals surface area contributed by atoms with Gasteiger partial charge in [-0.2, -0.15) is 0 Å². The number of rotatable bonds is 5. The first kappa shape index (κ1) is 13.9. The molecule has 0 radical (unpaired) electrons. The van der Waals surface area contributed by atoms with E-state index in [1.165, 1.54) is 5.56 Å². The second kappa shape index (κ2) is 6.10. The summed E-state index contributed by atoms with van der Waals surface area (Å²) in [5.41, 5.74) is 14.3. The monoisotopic (exact) mass is 270 g/mol. The van der Waals surface area contributed by atoms with Crippen LogP contribution in [0.4, 0.5) is 5.69 Å². The zero-order valence-corrected chi connectivity index (χ0v) is 11.4. The first-order valence-electron chi connectivity index (χ1n) is 6.50. The number of hydrogen-bond donors (Lipinski definition) is 2. The molecule has 0 aromatic heterocycles. The number of primary amides is 1. The van der Waals surface area contributed by atoms with Crippen molar-refractivity contribution in [3.8, 4) is 5.75 Å². The number of aryl methyl sites for hydroxylation is 1. The van der Waals surface area contributed by atoms with Crippen LogP contribution in [0.15, 0.2) is 42.5 Å². The van der Waals surface area contributed by atoms with Gasteiger partial charge in [-0.3, -0.25) is 4.79 Å². The van der Waals surface area contributed by atoms with E-state index in [4.69, 9.17) is 16.2 Å². The zero-order valence-electron chi connectivity index (χ0n) is 11.4. The van der Waals surface area contributed by atoms with E-state index in [0.717, 1.165) is 12.0 Å². The molecule has 0 aliphatic rings. The summed E-state index contributed by atoms with van der Waals surface area (Å²) in [7, 11) is 0. The van der Waals surface area contributed by atoms with E-state index in [0.29, 0.717) is 23.6 Å². The van der Waals surface area contributed by atoms with E-state index >= 15 is 0 Å². The first-order valence-corrected chi connectivity index (χ1v) is 6.50. The van der Waals surface area contributed by atoms with Crippen LogP contribution in [0.5, 0.6) is 5.75 Å². The van der Waals surface area contributed by atoms with Gasteiger partial charge in [-0.05, 0) is 41.8 Å². The number of nitrogens with two attached hydrogens (primary N) is 2. The van der Waals surface area contributed by atoms with Gasteiger partial charge < -0.3 is 16.2 Å². The van der Waals surface area contributed by atoms with Crippen LogP contribution in [-0.4, -0.2) is 5.91 Å². The second-order valence-corrected chi connectivity index (χ2v) is 4.58. The normalized spacial score (nSPS) is 10.2. The summed E-state index contributed by atoms with van der Waals surface area (Å²) < 4.78 is 5.68. The molecule has 4 nitrogen and oxygen atoms in total. The SMILES string of the molecule is CCc1ccc(OCc2cccc(C(N)=O)c2)c(N)c1. The number of carbonyl (C=O) groups is 1. The van der Waals surface area contributed by atoms with E-state index in [2.05, 4.69) is 6.92 Å². The Balaban J connectivity index is 2.09. The standard InChI is InChI=1S/C16H18N2O2/c1-2-11-6-7-15(14(17)9-11)20-10-12-4-3-5-13(8-12)16(18)19/h3-9H,2,10,17H2,1H3,(H2,18,19). The van der Waals surface area contributed by atoms with Gasteiger partial charge >= 0.3 is 0 Å². The summed E-state index contributed by atoms with van der Waals surface area (Å²) in [4.78, 5) is 11.1. The molecule has 0 saturated heterocycles. The highest BCUT2D eigenvalue weighted by Crippen LogP contribution is 2.23. The Bertz CT molecular complexity index is 624. The second-order valence-electron chi connectivity index (χ2n) is 4.58. The lowest BCUT2D eigenvalue weighted by molar-refractivity contribution is 0.1000. The average molecular weight is 270 g/mol. The predicted octanol–water partition coefficient (Wildman–Crippen LogP) is 2.51. The summed E-state index contributed by atoms with van der Waals surface area (Å²) in [5, 5.41) is 0. The van der Waals surface area contributed by atoms with Gasteiger partial charge in [-0.25, -0.2) is 0 Å². The fourth-order valence-electron chi connectivity index (χ4n) is 1.92. The molecule has 0 atom stereocenters. The lowest BCUT2D eigenvalue weighted by atomic mass is 10.1. The van der Waals surface area contributed by atoms with Gasteiger partial charge in [0.05, 0.1) is 5.69 Å². The van der Waals surface area contributed by atoms with Crippen LogP contribution in [0.1, 0.15) is 28.4 Å². The molecule has 0 saturated carbocycles. The number of carbonyl (C=O) groups excluding carboxylic acids is 1. The molecule has 2 aromatic rings. The van der Waals surface area contributed by atoms with Crippen LogP contribution in [0.2, 0.25) is 0 Å². The van der Waals surface area contributed by atoms with E-state index < -0.39 is 5.91 Å². The van der Waals surface area contributed by atoms with Crippen LogP contribution >= 0.6 is 0 Å². The van der Waals surface area contributed by atoms with Gasteiger partial charge in [-0.15, -0.1) is 0 Å². The molecule has 2 aromatic carbocycles. The molecule has 0 bridgehead atoms. The van der Waals surface area contributed by atoms with Gasteiger partial charge in [0.15, 0.2) is 0 Å². The minimum atomic E-state index is -0.446. The highest BCUT2D eigenvalue weighted by molar-refractivity contribution is 5.92. The maximum atomic E-state index is 11.1. The number of hydrogen-bond acceptors (Lipinski definition) is 3. The third kappa shape index (κ3) is 3.29. The molecule has 0 fully saturated rings. The number of amides is 1. The number of anilines is 1. The van der Waals surface area contributed by atoms with E-state index in [-0.39, 0.29) is 0 Å². The van der Waals surface area contributed by atoms with Crippen molar-refractivity contribution in [1.29, 1.82) is 0 Å². The van der Waals surface area contributed by atoms with Crippen molar-refractivity contribution in [2.75, 3.05) is 5.73 Å². The summed E-state index contributed by atoms with van der Waals surface area (Å²) in [6.45, 7) is 2.42. The van der Waals surface area contributed by atoms with E-state index in [9.17, 15) is 4.79 Å². The minimum absolute atomic E-state index is 0.344. The fraction of sp³-hybridized carbons (Fsp3) is 0.188. The molecule has 104 valence electrons. The Morgan fingerprint density at radius 2 is 1.95 bits per heavy atom. The molecule has 0 aliphatic heterocycles. The molecule has 2 rings (SSSR count). The Hall–Kier alpha value is -2.49. The fourth-order valence-corrected chi connectivity index (χ4v) is 1.92. The molecule has 4 N–H and O–H groups in total. The van der Waals surface area contributed by atoms with E-state index in [1.807, 2.05) is 24.3 Å². The molecule has 1 amide bonds. The zero-order chi connectivity index (χ0) is 14.5. The van der Waals surface area contributed by atoms with Gasteiger partial charge in [-0.1, -0.05) is 25.1 Å². The van der Waals surface area contributed by atoms with Crippen molar-refractivity contribution in [3.05, 3.63) is 59.2 Å². The molecule has 0 spiro atoms. The van der Waals surface area contributed by atoms with Crippen molar-refractivity contribution in [2.24, 2.45) is 5.73 Å². The van der Waals surface area contributed by atoms with Crippen molar-refractivity contribution in [2.45, 2.75) is 20.0 Å². The molecule has 20 heavy (non-hydrogen) atoms. The van der Waals surface area contributed by atoms with E-state index in [1.54, 1.807) is 18.2 Å². The molecule has 0 heterocycles. The number of benzene rings is 2. The van der Waals surface area contributed by atoms with Crippen LogP contribution in [0, 0.1) is 0 Å². The summed E-state index contributed by atoms with van der Waals surface area (Å²) >= 11 is 0. The third-order valence-corrected chi connectivity index (χ3v) is 3.09. The highest BCUT2D eigenvalue weighted by atomic mass is 16.5. The van der Waals surface area contributed by atoms with Crippen molar-refractivity contribution in [3.63, 3.8) is 0 Å². The van der Waals surface area contributed by atoms with Crippen molar-refractivity contribution < 1.29 is 9.53 Å². The Labute approximate surface area is 118 Å². The maximum Gasteiger partial charge on any atom is 0.248 e. The lowest BCUT2D eigenvalue weighted by Gasteiger charge is -2.10. The highest BCUT2D eigenvalue weighted by Gasteiger charge is 2.04. The third-order valence-electron chi connectivity index (χ3n) is 3.09. The molecule has 4 heteroatoms. The number of nitrogen functional groups attached to an aromatic ring is 1. The molecule has 0 unspecified atom stereocenters. The Kier molecular flexibility index (Phi) is 4.25. The van der Waals surface area contributed by atoms with Crippen molar-refractivity contribution >= 4 is 11.6 Å². The topological polar surface area (TPSA) is 78.3 Å². The summed E-state index contributed by atoms with van der Waals surface area (Å²) in [6.07, 6.45) is 0.936. The Morgan fingerprint density at radius 1 is 1.15 bits per heavy atom. The van der Waals surface area contributed by atoms with Gasteiger partial charge in [0.2, 0.25) is 5.91 Å². The number of ether oxygens (including phenoxy) is 1. The van der Waals surface area contributed by atoms with Crippen LogP contribution < -0.4 is 16.2 Å². The largest absolute Gasteiger partial charge is 0.487 e. The predicted molar refractivity (Wildman–Crippen MR) is 79.5 cm³/mol. The quantitative estimate of drug-likeness (QED) is 0.819. The maximum absolute atomic E-state index is 11.1. The van der Waals surface area contributed by atoms with Gasteiger partial charge in [0, 0.05) is 5.56 Å². The molecular formula is C16H18N2O2. The average Bonchev–Trinajstić information content (AvgIpc) is 2.46. The lowest BCUT2D eigenvalue weighted by Crippen LogP contribution is -2.11. The molecular weight excluding hydrogens is 252 g/mol. The van der Waals surface area contributed by atoms with Crippen LogP contribution in [-0.2, 0) is 13.0 Å². The Morgan fingerprint density at radius 3 is 2.60 bits per heavy atom. The molecule has 0 aliphatic carbocycles. The summed E-state index contributed by atoms with van der Waals surface area (Å²) in [6, 6.07) is 12.8. The van der Waals surface area contributed by atoms with Crippen LogP contribution in [0.25, 0.3) is 0 Å². The smallest absolute Gasteiger partial charge is 0.248 e. The minimum Gasteiger partial charge on any atom is -0.487 e. The van der Waals surface area contributed by atoms with Gasteiger partial charge in [0.25, 0.3) is 0 Å². The first-order chi connectivity index (χ1) is 9.60. The van der Waals surface area contributed by atoms with Crippen molar-refractivity contribution in [1.82, 2.24) is 0 Å².